The second-order valence-electron chi connectivity index (χ2n) is 4.31. The number of H-pyrrole nitrogens is 1. The molecule has 1 heterocycles. The lowest BCUT2D eigenvalue weighted by Gasteiger charge is -2.07. The first-order chi connectivity index (χ1) is 10.1. The first-order valence-electron chi connectivity index (χ1n) is 6.06. The molecule has 3 aromatic rings. The summed E-state index contributed by atoms with van der Waals surface area (Å²) in [6.07, 6.45) is 0. The van der Waals surface area contributed by atoms with Gasteiger partial charge in [0.15, 0.2) is 5.58 Å². The minimum Gasteiger partial charge on any atom is -0.408 e. The molecule has 0 bridgehead atoms. The Hall–Kier alpha value is -2.54. The second kappa shape index (κ2) is 5.45. The second-order valence-corrected chi connectivity index (χ2v) is 5.23. The molecule has 2 amide bonds. The molecule has 0 aliphatic rings. The lowest BCUT2D eigenvalue weighted by Crippen LogP contribution is -2.19. The van der Waals surface area contributed by atoms with E-state index in [1.54, 1.807) is 30.3 Å². The third-order valence-electron chi connectivity index (χ3n) is 2.78. The van der Waals surface area contributed by atoms with Crippen LogP contribution in [0.2, 0.25) is 0 Å². The molecule has 2 aromatic carbocycles. The topological polar surface area (TPSA) is 87.1 Å². The number of aromatic nitrogens is 1. The van der Waals surface area contributed by atoms with Crippen molar-refractivity contribution >= 4 is 44.4 Å². The highest BCUT2D eigenvalue weighted by molar-refractivity contribution is 9.10. The predicted molar refractivity (Wildman–Crippen MR) is 83.6 cm³/mol. The lowest BCUT2D eigenvalue weighted by atomic mass is 10.3. The zero-order chi connectivity index (χ0) is 14.8. The molecule has 0 spiro atoms. The van der Waals surface area contributed by atoms with Crippen molar-refractivity contribution in [1.82, 2.24) is 4.98 Å². The highest BCUT2D eigenvalue weighted by Crippen LogP contribution is 2.17. The number of carbonyl (C=O) groups is 1. The van der Waals surface area contributed by atoms with Gasteiger partial charge in [-0.3, -0.25) is 4.98 Å². The molecular formula is C14H10BrN3O3. The largest absolute Gasteiger partial charge is 0.417 e. The molecular weight excluding hydrogens is 338 g/mol. The van der Waals surface area contributed by atoms with Crippen LogP contribution >= 0.6 is 15.9 Å². The number of nitrogens with one attached hydrogen (secondary N) is 3. The molecule has 7 heteroatoms. The molecule has 0 saturated heterocycles. The molecule has 0 unspecified atom stereocenters. The first-order valence-corrected chi connectivity index (χ1v) is 6.86. The smallest absolute Gasteiger partial charge is 0.408 e. The number of amides is 2. The van der Waals surface area contributed by atoms with Gasteiger partial charge >= 0.3 is 11.8 Å². The van der Waals surface area contributed by atoms with Crippen LogP contribution < -0.4 is 16.4 Å². The number of carbonyl (C=O) groups excluding carboxylic acids is 1. The maximum atomic E-state index is 11.9. The van der Waals surface area contributed by atoms with E-state index in [1.165, 1.54) is 0 Å². The normalized spacial score (nSPS) is 10.5. The van der Waals surface area contributed by atoms with E-state index in [4.69, 9.17) is 4.42 Å². The molecule has 3 rings (SSSR count). The van der Waals surface area contributed by atoms with Crippen LogP contribution in [0.1, 0.15) is 0 Å². The van der Waals surface area contributed by atoms with Gasteiger partial charge in [0.2, 0.25) is 0 Å². The van der Waals surface area contributed by atoms with Crippen molar-refractivity contribution in [2.75, 3.05) is 10.6 Å². The zero-order valence-electron chi connectivity index (χ0n) is 10.6. The van der Waals surface area contributed by atoms with Gasteiger partial charge in [-0.25, -0.2) is 9.59 Å². The molecule has 0 radical (unpaired) electrons. The number of rotatable bonds is 2. The molecule has 3 N–H and O–H groups in total. The maximum absolute atomic E-state index is 11.9. The van der Waals surface area contributed by atoms with Crippen molar-refractivity contribution in [3.8, 4) is 0 Å². The van der Waals surface area contributed by atoms with Crippen LogP contribution in [0, 0.1) is 0 Å². The number of hydrogen-bond acceptors (Lipinski definition) is 3. The number of halogens is 1. The molecule has 6 nitrogen and oxygen atoms in total. The van der Waals surface area contributed by atoms with Gasteiger partial charge in [0.05, 0.1) is 5.52 Å². The predicted octanol–water partition coefficient (Wildman–Crippen LogP) is 3.53. The van der Waals surface area contributed by atoms with Crippen molar-refractivity contribution < 1.29 is 9.21 Å². The molecule has 0 saturated carbocycles. The van der Waals surface area contributed by atoms with Gasteiger partial charge in [-0.1, -0.05) is 15.9 Å². The Balaban J connectivity index is 1.73. The molecule has 21 heavy (non-hydrogen) atoms. The summed E-state index contributed by atoms with van der Waals surface area (Å²) in [6, 6.07) is 11.7. The Kier molecular flexibility index (Phi) is 3.49. The summed E-state index contributed by atoms with van der Waals surface area (Å²) in [7, 11) is 0. The molecule has 106 valence electrons. The van der Waals surface area contributed by atoms with Gasteiger partial charge in [0, 0.05) is 21.9 Å². The monoisotopic (exact) mass is 347 g/mol. The fourth-order valence-electron chi connectivity index (χ4n) is 1.85. The Morgan fingerprint density at radius 2 is 1.71 bits per heavy atom. The van der Waals surface area contributed by atoms with E-state index in [-0.39, 0.29) is 6.03 Å². The van der Waals surface area contributed by atoms with Gasteiger partial charge in [0.25, 0.3) is 0 Å². The number of fused-ring (bicyclic) bond motifs is 1. The van der Waals surface area contributed by atoms with Gasteiger partial charge in [-0.05, 0) is 36.4 Å². The number of benzene rings is 2. The van der Waals surface area contributed by atoms with Gasteiger partial charge in [-0.2, -0.15) is 0 Å². The fraction of sp³-hybridized carbons (Fsp3) is 0. The van der Waals surface area contributed by atoms with E-state index >= 15 is 0 Å². The fourth-order valence-corrected chi connectivity index (χ4v) is 2.11. The van der Waals surface area contributed by atoms with Crippen molar-refractivity contribution in [2.45, 2.75) is 0 Å². The van der Waals surface area contributed by atoms with Gasteiger partial charge in [0.1, 0.15) is 0 Å². The SMILES string of the molecule is O=C(Nc1ccc(Br)cc1)Nc1ccc2[nH]c(=O)oc2c1. The Morgan fingerprint density at radius 1 is 1.05 bits per heavy atom. The Bertz CT molecular complexity index is 852. The van der Waals surface area contributed by atoms with Crippen LogP contribution in [-0.2, 0) is 0 Å². The van der Waals surface area contributed by atoms with Crippen molar-refractivity contribution in [3.05, 3.63) is 57.5 Å². The Labute approximate surface area is 127 Å². The summed E-state index contributed by atoms with van der Waals surface area (Å²) < 4.78 is 5.87. The number of aromatic amines is 1. The highest BCUT2D eigenvalue weighted by Gasteiger charge is 2.06. The summed E-state index contributed by atoms with van der Waals surface area (Å²) in [5.41, 5.74) is 2.17. The molecule has 0 fully saturated rings. The number of urea groups is 1. The quantitative estimate of drug-likeness (QED) is 0.662. The van der Waals surface area contributed by atoms with Crippen LogP contribution in [0.25, 0.3) is 11.1 Å². The van der Waals surface area contributed by atoms with E-state index < -0.39 is 5.76 Å². The van der Waals surface area contributed by atoms with E-state index in [2.05, 4.69) is 31.5 Å². The average molecular weight is 348 g/mol. The minimum absolute atomic E-state index is 0.380. The number of hydrogen-bond donors (Lipinski definition) is 3. The van der Waals surface area contributed by atoms with Crippen molar-refractivity contribution in [2.24, 2.45) is 0 Å². The zero-order valence-corrected chi connectivity index (χ0v) is 12.2. The van der Waals surface area contributed by atoms with E-state index in [0.717, 1.165) is 4.47 Å². The third-order valence-corrected chi connectivity index (χ3v) is 3.31. The standard InChI is InChI=1S/C14H10BrN3O3/c15-8-1-3-9(4-2-8)16-13(19)17-10-5-6-11-12(7-10)21-14(20)18-11/h1-7H,(H,18,20)(H2,16,17,19). The van der Waals surface area contributed by atoms with Crippen LogP contribution in [0.5, 0.6) is 0 Å². The van der Waals surface area contributed by atoms with Crippen molar-refractivity contribution in [3.63, 3.8) is 0 Å². The highest BCUT2D eigenvalue weighted by atomic mass is 79.9. The summed E-state index contributed by atoms with van der Waals surface area (Å²) in [4.78, 5) is 25.5. The van der Waals surface area contributed by atoms with Crippen molar-refractivity contribution in [1.29, 1.82) is 0 Å². The van der Waals surface area contributed by atoms with Crippen LogP contribution in [-0.4, -0.2) is 11.0 Å². The van der Waals surface area contributed by atoms with E-state index in [9.17, 15) is 9.59 Å². The Morgan fingerprint density at radius 3 is 2.48 bits per heavy atom. The molecule has 0 atom stereocenters. The molecule has 1 aromatic heterocycles. The maximum Gasteiger partial charge on any atom is 0.417 e. The van der Waals surface area contributed by atoms with Gasteiger partial charge in [-0.15, -0.1) is 0 Å². The number of anilines is 2. The van der Waals surface area contributed by atoms with Crippen LogP contribution in [0.4, 0.5) is 16.2 Å². The third kappa shape index (κ3) is 3.14. The minimum atomic E-state index is -0.526. The summed E-state index contributed by atoms with van der Waals surface area (Å²) in [5.74, 6) is -0.526. The van der Waals surface area contributed by atoms with Gasteiger partial charge < -0.3 is 15.1 Å². The molecule has 0 aliphatic heterocycles. The van der Waals surface area contributed by atoms with Crippen LogP contribution in [0.3, 0.4) is 0 Å². The average Bonchev–Trinajstić information content (AvgIpc) is 2.80. The summed E-state index contributed by atoms with van der Waals surface area (Å²) >= 11 is 3.32. The first kappa shape index (κ1) is 13.4. The van der Waals surface area contributed by atoms with E-state index in [1.807, 2.05) is 12.1 Å². The van der Waals surface area contributed by atoms with Crippen LogP contribution in [0.15, 0.2) is 56.1 Å². The molecule has 0 aliphatic carbocycles. The summed E-state index contributed by atoms with van der Waals surface area (Å²) in [5, 5.41) is 5.37. The lowest BCUT2D eigenvalue weighted by molar-refractivity contribution is 0.262. The number of oxazole rings is 1. The summed E-state index contributed by atoms with van der Waals surface area (Å²) in [6.45, 7) is 0. The van der Waals surface area contributed by atoms with E-state index in [0.29, 0.717) is 22.5 Å².